The first-order valence-corrected chi connectivity index (χ1v) is 5.46. The molecule has 1 saturated heterocycles. The number of hydrogen-bond acceptors (Lipinski definition) is 1. The van der Waals surface area contributed by atoms with Gasteiger partial charge in [0, 0.05) is 19.0 Å². The maximum atomic E-state index is 11.8. The summed E-state index contributed by atoms with van der Waals surface area (Å²) in [5.74, 6) is 1.84. The van der Waals surface area contributed by atoms with E-state index in [-0.39, 0.29) is 0 Å². The zero-order chi connectivity index (χ0) is 9.42. The lowest BCUT2D eigenvalue weighted by Gasteiger charge is -2.21. The molecule has 0 aromatic carbocycles. The third kappa shape index (κ3) is 2.04. The Morgan fingerprint density at radius 1 is 1.38 bits per heavy atom. The third-order valence-corrected chi connectivity index (χ3v) is 3.26. The van der Waals surface area contributed by atoms with Crippen molar-refractivity contribution in [2.24, 2.45) is 11.8 Å². The first kappa shape index (κ1) is 9.04. The van der Waals surface area contributed by atoms with Crippen LogP contribution in [0.25, 0.3) is 0 Å². The minimum Gasteiger partial charge on any atom is -0.340 e. The Balaban J connectivity index is 1.87. The fourth-order valence-electron chi connectivity index (χ4n) is 2.33. The summed E-state index contributed by atoms with van der Waals surface area (Å²) in [6.07, 6.45) is 4.57. The molecule has 2 heteroatoms. The standard InChI is InChI=1S/C11H19NO/c1-8-5-9(2)12(7-8)11(13)6-10-3-4-10/h8-10H,3-7H2,1-2H3. The molecule has 74 valence electrons. The molecule has 2 unspecified atom stereocenters. The van der Waals surface area contributed by atoms with Gasteiger partial charge in [-0.15, -0.1) is 0 Å². The van der Waals surface area contributed by atoms with Crippen molar-refractivity contribution in [2.45, 2.75) is 45.6 Å². The Morgan fingerprint density at radius 2 is 2.08 bits per heavy atom. The van der Waals surface area contributed by atoms with E-state index < -0.39 is 0 Å². The first-order chi connectivity index (χ1) is 6.16. The molecule has 2 rings (SSSR count). The van der Waals surface area contributed by atoms with Crippen molar-refractivity contribution in [1.82, 2.24) is 4.90 Å². The van der Waals surface area contributed by atoms with E-state index in [4.69, 9.17) is 0 Å². The number of hydrogen-bond donors (Lipinski definition) is 0. The average molecular weight is 181 g/mol. The van der Waals surface area contributed by atoms with E-state index in [0.717, 1.165) is 18.9 Å². The van der Waals surface area contributed by atoms with E-state index in [1.807, 2.05) is 0 Å². The van der Waals surface area contributed by atoms with Gasteiger partial charge in [0.1, 0.15) is 0 Å². The van der Waals surface area contributed by atoms with Crippen molar-refractivity contribution < 1.29 is 4.79 Å². The number of nitrogens with zero attached hydrogens (tertiary/aromatic N) is 1. The quantitative estimate of drug-likeness (QED) is 0.638. The summed E-state index contributed by atoms with van der Waals surface area (Å²) < 4.78 is 0. The molecule has 1 saturated carbocycles. The van der Waals surface area contributed by atoms with Crippen LogP contribution < -0.4 is 0 Å². The molecule has 0 bridgehead atoms. The summed E-state index contributed by atoms with van der Waals surface area (Å²) in [4.78, 5) is 13.9. The van der Waals surface area contributed by atoms with Gasteiger partial charge in [-0.1, -0.05) is 6.92 Å². The second kappa shape index (κ2) is 3.32. The summed E-state index contributed by atoms with van der Waals surface area (Å²) in [5, 5.41) is 0. The van der Waals surface area contributed by atoms with Gasteiger partial charge in [0.15, 0.2) is 0 Å². The molecular formula is C11H19NO. The van der Waals surface area contributed by atoms with Gasteiger partial charge >= 0.3 is 0 Å². The monoisotopic (exact) mass is 181 g/mol. The largest absolute Gasteiger partial charge is 0.340 e. The fourth-order valence-corrected chi connectivity index (χ4v) is 2.33. The van der Waals surface area contributed by atoms with Crippen molar-refractivity contribution >= 4 is 5.91 Å². The summed E-state index contributed by atoms with van der Waals surface area (Å²) in [6, 6.07) is 0.487. The van der Waals surface area contributed by atoms with Crippen molar-refractivity contribution in [3.63, 3.8) is 0 Å². The number of carbonyl (C=O) groups excluding carboxylic acids is 1. The number of carbonyl (C=O) groups is 1. The molecule has 0 spiro atoms. The highest BCUT2D eigenvalue weighted by Gasteiger charge is 2.33. The van der Waals surface area contributed by atoms with Crippen LogP contribution in [0.3, 0.4) is 0 Å². The molecule has 1 aliphatic heterocycles. The van der Waals surface area contributed by atoms with E-state index in [1.54, 1.807) is 0 Å². The molecule has 2 aliphatic rings. The first-order valence-electron chi connectivity index (χ1n) is 5.46. The molecule has 13 heavy (non-hydrogen) atoms. The highest BCUT2D eigenvalue weighted by atomic mass is 16.2. The number of amides is 1. The zero-order valence-electron chi connectivity index (χ0n) is 8.62. The van der Waals surface area contributed by atoms with Crippen LogP contribution in [0.2, 0.25) is 0 Å². The minimum atomic E-state index is 0.402. The Hall–Kier alpha value is -0.530. The van der Waals surface area contributed by atoms with Crippen molar-refractivity contribution in [3.05, 3.63) is 0 Å². The van der Waals surface area contributed by atoms with Crippen LogP contribution in [0, 0.1) is 11.8 Å². The molecule has 0 N–H and O–H groups in total. The highest BCUT2D eigenvalue weighted by Crippen LogP contribution is 2.34. The molecule has 0 aromatic rings. The molecule has 1 amide bonds. The predicted molar refractivity (Wildman–Crippen MR) is 52.3 cm³/mol. The van der Waals surface area contributed by atoms with Crippen molar-refractivity contribution in [3.8, 4) is 0 Å². The van der Waals surface area contributed by atoms with Gasteiger partial charge < -0.3 is 4.90 Å². The predicted octanol–water partition coefficient (Wildman–Crippen LogP) is 2.04. The van der Waals surface area contributed by atoms with E-state index in [0.29, 0.717) is 17.9 Å². The van der Waals surface area contributed by atoms with Gasteiger partial charge in [-0.3, -0.25) is 4.79 Å². The van der Waals surface area contributed by atoms with Gasteiger partial charge in [0.2, 0.25) is 5.91 Å². The van der Waals surface area contributed by atoms with Crippen molar-refractivity contribution in [2.75, 3.05) is 6.54 Å². The Kier molecular flexibility index (Phi) is 2.31. The smallest absolute Gasteiger partial charge is 0.223 e. The van der Waals surface area contributed by atoms with Crippen molar-refractivity contribution in [1.29, 1.82) is 0 Å². The van der Waals surface area contributed by atoms with Gasteiger partial charge in [-0.25, -0.2) is 0 Å². The van der Waals surface area contributed by atoms with Gasteiger partial charge in [0.05, 0.1) is 0 Å². The normalized spacial score (nSPS) is 33.8. The second-order valence-corrected chi connectivity index (χ2v) is 4.88. The lowest BCUT2D eigenvalue weighted by molar-refractivity contribution is -0.132. The van der Waals surface area contributed by atoms with Crippen LogP contribution in [0.15, 0.2) is 0 Å². The lowest BCUT2D eigenvalue weighted by atomic mass is 10.1. The molecular weight excluding hydrogens is 162 g/mol. The van der Waals surface area contributed by atoms with Crippen LogP contribution in [0.4, 0.5) is 0 Å². The maximum absolute atomic E-state index is 11.8. The van der Waals surface area contributed by atoms with Crippen LogP contribution >= 0.6 is 0 Å². The molecule has 2 fully saturated rings. The van der Waals surface area contributed by atoms with E-state index in [1.165, 1.54) is 19.3 Å². The Morgan fingerprint density at radius 3 is 2.54 bits per heavy atom. The van der Waals surface area contributed by atoms with Gasteiger partial charge in [-0.05, 0) is 38.0 Å². The fraction of sp³-hybridized carbons (Fsp3) is 0.909. The molecule has 2 atom stereocenters. The molecule has 2 nitrogen and oxygen atoms in total. The van der Waals surface area contributed by atoms with E-state index >= 15 is 0 Å². The SMILES string of the molecule is CC1CC(C)N(C(=O)CC2CC2)C1. The van der Waals surface area contributed by atoms with Crippen LogP contribution in [0.1, 0.15) is 39.5 Å². The maximum Gasteiger partial charge on any atom is 0.223 e. The van der Waals surface area contributed by atoms with E-state index in [9.17, 15) is 4.79 Å². The lowest BCUT2D eigenvalue weighted by Crippen LogP contribution is -2.34. The van der Waals surface area contributed by atoms with Crippen LogP contribution in [-0.4, -0.2) is 23.4 Å². The summed E-state index contributed by atoms with van der Waals surface area (Å²) in [5.41, 5.74) is 0. The Bertz CT molecular complexity index is 210. The van der Waals surface area contributed by atoms with Gasteiger partial charge in [-0.2, -0.15) is 0 Å². The molecule has 0 radical (unpaired) electrons. The minimum absolute atomic E-state index is 0.402. The second-order valence-electron chi connectivity index (χ2n) is 4.88. The Labute approximate surface area is 80.3 Å². The number of rotatable bonds is 2. The number of likely N-dealkylation sites (tertiary alicyclic amines) is 1. The topological polar surface area (TPSA) is 20.3 Å². The molecule has 1 aliphatic carbocycles. The summed E-state index contributed by atoms with van der Waals surface area (Å²) in [7, 11) is 0. The van der Waals surface area contributed by atoms with Gasteiger partial charge in [0.25, 0.3) is 0 Å². The summed E-state index contributed by atoms with van der Waals surface area (Å²) in [6.45, 7) is 5.40. The molecule has 0 aromatic heterocycles. The zero-order valence-corrected chi connectivity index (χ0v) is 8.62. The third-order valence-electron chi connectivity index (χ3n) is 3.26. The molecule has 1 heterocycles. The summed E-state index contributed by atoms with van der Waals surface area (Å²) >= 11 is 0. The van der Waals surface area contributed by atoms with E-state index in [2.05, 4.69) is 18.7 Å². The van der Waals surface area contributed by atoms with Crippen LogP contribution in [-0.2, 0) is 4.79 Å². The highest BCUT2D eigenvalue weighted by molar-refractivity contribution is 5.77. The van der Waals surface area contributed by atoms with Crippen LogP contribution in [0.5, 0.6) is 0 Å². The average Bonchev–Trinajstić information content (AvgIpc) is 2.77.